The van der Waals surface area contributed by atoms with E-state index in [-0.39, 0.29) is 5.88 Å². The SMILES string of the molecule is O=[N+]([O-])c1ccc(-c2nnc(CCCCl)s2)o1. The van der Waals surface area contributed by atoms with Crippen LogP contribution in [0.1, 0.15) is 11.4 Å². The molecule has 0 amide bonds. The van der Waals surface area contributed by atoms with E-state index < -0.39 is 4.92 Å². The molecule has 0 unspecified atom stereocenters. The van der Waals surface area contributed by atoms with E-state index in [4.69, 9.17) is 16.0 Å². The summed E-state index contributed by atoms with van der Waals surface area (Å²) in [5.74, 6) is 0.644. The minimum absolute atomic E-state index is 0.294. The summed E-state index contributed by atoms with van der Waals surface area (Å²) in [5.41, 5.74) is 0. The first-order chi connectivity index (χ1) is 8.20. The quantitative estimate of drug-likeness (QED) is 0.475. The van der Waals surface area contributed by atoms with Crippen LogP contribution in [0.15, 0.2) is 16.5 Å². The maximum Gasteiger partial charge on any atom is 0.433 e. The molecular formula is C9H8ClN3O3S. The summed E-state index contributed by atoms with van der Waals surface area (Å²) >= 11 is 6.93. The van der Waals surface area contributed by atoms with Crippen LogP contribution in [0.4, 0.5) is 5.88 Å². The van der Waals surface area contributed by atoms with Crippen LogP contribution in [-0.2, 0) is 6.42 Å². The third-order valence-corrected chi connectivity index (χ3v) is 3.24. The fourth-order valence-corrected chi connectivity index (χ4v) is 2.19. The standard InChI is InChI=1S/C9H8ClN3O3S/c10-5-1-2-7-11-12-9(17-7)6-3-4-8(16-6)13(14)15/h3-4H,1-2,5H2. The summed E-state index contributed by atoms with van der Waals surface area (Å²) < 4.78 is 5.03. The number of nitro groups is 1. The van der Waals surface area contributed by atoms with Crippen molar-refractivity contribution in [3.05, 3.63) is 27.3 Å². The van der Waals surface area contributed by atoms with Crippen molar-refractivity contribution in [2.45, 2.75) is 12.8 Å². The molecule has 0 aliphatic carbocycles. The lowest BCUT2D eigenvalue weighted by atomic mass is 10.4. The van der Waals surface area contributed by atoms with Gasteiger partial charge in [0.1, 0.15) is 9.93 Å². The van der Waals surface area contributed by atoms with Gasteiger partial charge in [-0.2, -0.15) is 0 Å². The van der Waals surface area contributed by atoms with Crippen LogP contribution in [0.5, 0.6) is 0 Å². The van der Waals surface area contributed by atoms with Gasteiger partial charge in [0.15, 0.2) is 10.8 Å². The largest absolute Gasteiger partial charge is 0.433 e. The van der Waals surface area contributed by atoms with Gasteiger partial charge in [0.25, 0.3) is 0 Å². The Kier molecular flexibility index (Phi) is 3.70. The lowest BCUT2D eigenvalue weighted by molar-refractivity contribution is -0.401. The van der Waals surface area contributed by atoms with Crippen molar-refractivity contribution in [2.24, 2.45) is 0 Å². The van der Waals surface area contributed by atoms with Gasteiger partial charge in [0, 0.05) is 12.3 Å². The van der Waals surface area contributed by atoms with Crippen molar-refractivity contribution in [3.8, 4) is 10.8 Å². The molecule has 0 saturated heterocycles. The molecule has 90 valence electrons. The number of hydrogen-bond donors (Lipinski definition) is 0. The number of furan rings is 1. The Morgan fingerprint density at radius 2 is 2.29 bits per heavy atom. The Hall–Kier alpha value is -1.47. The first-order valence-corrected chi connectivity index (χ1v) is 6.18. The summed E-state index contributed by atoms with van der Waals surface area (Å²) in [6, 6.07) is 2.82. The van der Waals surface area contributed by atoms with Crippen LogP contribution < -0.4 is 0 Å². The second-order valence-corrected chi connectivity index (χ2v) is 4.63. The zero-order valence-corrected chi connectivity index (χ0v) is 10.2. The van der Waals surface area contributed by atoms with Crippen molar-refractivity contribution in [1.82, 2.24) is 10.2 Å². The Balaban J connectivity index is 2.15. The van der Waals surface area contributed by atoms with Crippen LogP contribution in [0, 0.1) is 10.1 Å². The second-order valence-electron chi connectivity index (χ2n) is 3.19. The second kappa shape index (κ2) is 5.24. The molecule has 2 aromatic heterocycles. The number of halogens is 1. The van der Waals surface area contributed by atoms with Crippen LogP contribution in [0.3, 0.4) is 0 Å². The molecule has 0 saturated carbocycles. The van der Waals surface area contributed by atoms with Gasteiger partial charge in [-0.15, -0.1) is 21.8 Å². The van der Waals surface area contributed by atoms with Crippen molar-refractivity contribution >= 4 is 28.8 Å². The molecule has 0 N–H and O–H groups in total. The predicted octanol–water partition coefficient (Wildman–Crippen LogP) is 2.88. The molecule has 0 radical (unpaired) electrons. The first-order valence-electron chi connectivity index (χ1n) is 4.83. The molecular weight excluding hydrogens is 266 g/mol. The maximum atomic E-state index is 10.5. The highest BCUT2D eigenvalue weighted by Gasteiger charge is 2.16. The highest BCUT2D eigenvalue weighted by Crippen LogP contribution is 2.28. The molecule has 0 atom stereocenters. The zero-order valence-electron chi connectivity index (χ0n) is 8.63. The normalized spacial score (nSPS) is 10.6. The van der Waals surface area contributed by atoms with Crippen molar-refractivity contribution < 1.29 is 9.34 Å². The average molecular weight is 274 g/mol. The van der Waals surface area contributed by atoms with Gasteiger partial charge in [-0.1, -0.05) is 11.3 Å². The van der Waals surface area contributed by atoms with Gasteiger partial charge >= 0.3 is 5.88 Å². The van der Waals surface area contributed by atoms with Crippen LogP contribution in [0.25, 0.3) is 10.8 Å². The maximum absolute atomic E-state index is 10.5. The van der Waals surface area contributed by atoms with Crippen LogP contribution in [0.2, 0.25) is 0 Å². The van der Waals surface area contributed by atoms with Gasteiger partial charge < -0.3 is 4.42 Å². The number of aryl methyl sites for hydroxylation is 1. The molecule has 17 heavy (non-hydrogen) atoms. The van der Waals surface area contributed by atoms with Crippen LogP contribution >= 0.6 is 22.9 Å². The van der Waals surface area contributed by atoms with Crippen molar-refractivity contribution in [3.63, 3.8) is 0 Å². The average Bonchev–Trinajstić information content (AvgIpc) is 2.94. The van der Waals surface area contributed by atoms with Gasteiger partial charge in [-0.25, -0.2) is 0 Å². The Labute approximate surface area is 105 Å². The summed E-state index contributed by atoms with van der Waals surface area (Å²) in [6.45, 7) is 0. The molecule has 2 rings (SSSR count). The highest BCUT2D eigenvalue weighted by molar-refractivity contribution is 7.14. The van der Waals surface area contributed by atoms with Gasteiger partial charge in [-0.3, -0.25) is 10.1 Å². The highest BCUT2D eigenvalue weighted by atomic mass is 35.5. The molecule has 0 spiro atoms. The van der Waals surface area contributed by atoms with Crippen LogP contribution in [-0.4, -0.2) is 21.0 Å². The lowest BCUT2D eigenvalue weighted by Crippen LogP contribution is -1.84. The molecule has 8 heteroatoms. The van der Waals surface area contributed by atoms with Gasteiger partial charge in [-0.05, 0) is 12.5 Å². The Morgan fingerprint density at radius 3 is 2.94 bits per heavy atom. The van der Waals surface area contributed by atoms with E-state index in [9.17, 15) is 10.1 Å². The predicted molar refractivity (Wildman–Crippen MR) is 63.3 cm³/mol. The molecule has 0 aromatic carbocycles. The third kappa shape index (κ3) is 2.80. The monoisotopic (exact) mass is 273 g/mol. The molecule has 0 bridgehead atoms. The van der Waals surface area contributed by atoms with Gasteiger partial charge in [0.2, 0.25) is 0 Å². The van der Waals surface area contributed by atoms with Crippen molar-refractivity contribution in [2.75, 3.05) is 5.88 Å². The first kappa shape index (κ1) is 12.0. The Morgan fingerprint density at radius 1 is 1.47 bits per heavy atom. The molecule has 0 aliphatic heterocycles. The smallest absolute Gasteiger partial charge is 0.398 e. The van der Waals surface area contributed by atoms with E-state index in [2.05, 4.69) is 10.2 Å². The minimum atomic E-state index is -0.584. The lowest BCUT2D eigenvalue weighted by Gasteiger charge is -1.88. The number of alkyl halides is 1. The molecule has 0 aliphatic rings. The molecule has 2 heterocycles. The van der Waals surface area contributed by atoms with Gasteiger partial charge in [0.05, 0.1) is 6.07 Å². The Bertz CT molecular complexity index is 525. The van der Waals surface area contributed by atoms with E-state index in [0.29, 0.717) is 16.6 Å². The van der Waals surface area contributed by atoms with E-state index in [1.807, 2.05) is 0 Å². The fraction of sp³-hybridized carbons (Fsp3) is 0.333. The molecule has 2 aromatic rings. The number of hydrogen-bond acceptors (Lipinski definition) is 6. The summed E-state index contributed by atoms with van der Waals surface area (Å²) in [4.78, 5) is 9.87. The van der Waals surface area contributed by atoms with Crippen molar-refractivity contribution in [1.29, 1.82) is 0 Å². The summed E-state index contributed by atoms with van der Waals surface area (Å²) in [6.07, 6.45) is 1.58. The number of aromatic nitrogens is 2. The van der Waals surface area contributed by atoms with E-state index in [1.165, 1.54) is 23.5 Å². The fourth-order valence-electron chi connectivity index (χ4n) is 1.21. The van der Waals surface area contributed by atoms with E-state index in [0.717, 1.165) is 17.8 Å². The number of nitrogens with zero attached hydrogens (tertiary/aromatic N) is 3. The molecule has 6 nitrogen and oxygen atoms in total. The molecule has 0 fully saturated rings. The topological polar surface area (TPSA) is 82.1 Å². The van der Waals surface area contributed by atoms with E-state index in [1.54, 1.807) is 0 Å². The third-order valence-electron chi connectivity index (χ3n) is 1.97. The minimum Gasteiger partial charge on any atom is -0.398 e. The summed E-state index contributed by atoms with van der Waals surface area (Å²) in [7, 11) is 0. The van der Waals surface area contributed by atoms with E-state index >= 15 is 0 Å². The zero-order chi connectivity index (χ0) is 12.3. The number of rotatable bonds is 5. The summed E-state index contributed by atoms with van der Waals surface area (Å²) in [5, 5.41) is 19.7.